The monoisotopic (exact) mass is 152 g/mol. The van der Waals surface area contributed by atoms with Gasteiger partial charge in [-0.2, -0.15) is 0 Å². The molecular weight excluding hydrogens is 140 g/mol. The van der Waals surface area contributed by atoms with Gasteiger partial charge in [-0.3, -0.25) is 0 Å². The van der Waals surface area contributed by atoms with Gasteiger partial charge in [0.2, 0.25) is 0 Å². The second-order valence-electron chi connectivity index (χ2n) is 1.76. The Morgan fingerprint density at radius 3 is 1.80 bits per heavy atom. The van der Waals surface area contributed by atoms with E-state index in [0.717, 1.165) is 0 Å². The minimum atomic E-state index is -1.33. The summed E-state index contributed by atoms with van der Waals surface area (Å²) in [6.45, 7) is -1.31. The summed E-state index contributed by atoms with van der Waals surface area (Å²) in [5.74, 6) is 0. The molecule has 62 valence electrons. The van der Waals surface area contributed by atoms with Crippen LogP contribution in [-0.4, -0.2) is 52.6 Å². The Bertz CT molecular complexity index is 72.4. The predicted molar refractivity (Wildman–Crippen MR) is 32.1 cm³/mol. The highest BCUT2D eigenvalue weighted by molar-refractivity contribution is 4.52. The van der Waals surface area contributed by atoms with E-state index in [4.69, 9.17) is 20.4 Å². The Morgan fingerprint density at radius 2 is 1.50 bits per heavy atom. The molecule has 5 nitrogen and oxygen atoms in total. The summed E-state index contributed by atoms with van der Waals surface area (Å²) in [5, 5.41) is 33.6. The van der Waals surface area contributed by atoms with E-state index in [-0.39, 0.29) is 13.2 Å². The van der Waals surface area contributed by atoms with Gasteiger partial charge in [0, 0.05) is 0 Å². The van der Waals surface area contributed by atoms with Crippen LogP contribution >= 0.6 is 0 Å². The van der Waals surface area contributed by atoms with Crippen molar-refractivity contribution in [1.29, 1.82) is 0 Å². The Kier molecular flexibility index (Phi) is 5.46. The number of hydrogen-bond donors (Lipinski definition) is 4. The minimum Gasteiger partial charge on any atom is -0.394 e. The first-order chi connectivity index (χ1) is 4.74. The van der Waals surface area contributed by atoms with E-state index in [2.05, 4.69) is 4.74 Å². The third-order valence-corrected chi connectivity index (χ3v) is 0.913. The fraction of sp³-hybridized carbons (Fsp3) is 1.00. The first-order valence-corrected chi connectivity index (χ1v) is 2.90. The van der Waals surface area contributed by atoms with E-state index in [1.807, 2.05) is 0 Å². The minimum absolute atomic E-state index is 0.381. The molecule has 0 amide bonds. The molecule has 0 aliphatic heterocycles. The molecular formula is C5H12O5. The zero-order valence-corrected chi connectivity index (χ0v) is 5.47. The Labute approximate surface area is 58.5 Å². The summed E-state index contributed by atoms with van der Waals surface area (Å²) in [5.41, 5.74) is 0. The lowest BCUT2D eigenvalue weighted by Gasteiger charge is -2.15. The van der Waals surface area contributed by atoms with Crippen LogP contribution in [0.1, 0.15) is 0 Å². The standard InChI is InChI=1S/C5H12O5/c6-1-4(2-7)10-5(9)3-8/h4-9H,1-3H2/t5-/m0/s1. The first-order valence-electron chi connectivity index (χ1n) is 2.90. The Hall–Kier alpha value is -0.200. The molecule has 0 aromatic carbocycles. The van der Waals surface area contributed by atoms with Crippen LogP contribution in [0.3, 0.4) is 0 Å². The number of rotatable bonds is 5. The molecule has 0 aliphatic carbocycles. The maximum Gasteiger partial charge on any atom is 0.178 e. The Morgan fingerprint density at radius 1 is 1.00 bits per heavy atom. The van der Waals surface area contributed by atoms with E-state index < -0.39 is 19.0 Å². The van der Waals surface area contributed by atoms with Gasteiger partial charge >= 0.3 is 0 Å². The highest BCUT2D eigenvalue weighted by Crippen LogP contribution is 1.93. The van der Waals surface area contributed by atoms with Crippen molar-refractivity contribution in [2.24, 2.45) is 0 Å². The molecule has 0 bridgehead atoms. The third kappa shape index (κ3) is 3.76. The molecule has 5 heteroatoms. The molecule has 1 atom stereocenters. The summed E-state index contributed by atoms with van der Waals surface area (Å²) in [4.78, 5) is 0. The van der Waals surface area contributed by atoms with Crippen molar-refractivity contribution in [3.8, 4) is 0 Å². The van der Waals surface area contributed by atoms with Gasteiger partial charge in [-0.1, -0.05) is 0 Å². The number of aliphatic hydroxyl groups excluding tert-OH is 4. The maximum atomic E-state index is 8.60. The van der Waals surface area contributed by atoms with Crippen molar-refractivity contribution >= 4 is 0 Å². The lowest BCUT2D eigenvalue weighted by atomic mass is 10.4. The van der Waals surface area contributed by atoms with Crippen molar-refractivity contribution in [3.05, 3.63) is 0 Å². The number of hydrogen-bond acceptors (Lipinski definition) is 5. The molecule has 10 heavy (non-hydrogen) atoms. The first kappa shape index (κ1) is 9.80. The Balaban J connectivity index is 3.41. The summed E-state index contributed by atoms with van der Waals surface area (Å²) in [6, 6.07) is 0. The molecule has 0 saturated heterocycles. The number of aliphatic hydroxyl groups is 4. The zero-order chi connectivity index (χ0) is 7.98. The molecule has 0 heterocycles. The van der Waals surface area contributed by atoms with Crippen molar-refractivity contribution in [1.82, 2.24) is 0 Å². The van der Waals surface area contributed by atoms with Gasteiger partial charge in [-0.25, -0.2) is 0 Å². The normalized spacial score (nSPS) is 14.1. The largest absolute Gasteiger partial charge is 0.394 e. The second kappa shape index (κ2) is 5.57. The molecule has 0 aliphatic rings. The van der Waals surface area contributed by atoms with E-state index >= 15 is 0 Å². The van der Waals surface area contributed by atoms with E-state index in [1.165, 1.54) is 0 Å². The fourth-order valence-corrected chi connectivity index (χ4v) is 0.409. The molecule has 0 aromatic rings. The van der Waals surface area contributed by atoms with Crippen LogP contribution in [0.2, 0.25) is 0 Å². The van der Waals surface area contributed by atoms with Gasteiger partial charge in [0.1, 0.15) is 6.10 Å². The molecule has 0 rings (SSSR count). The second-order valence-corrected chi connectivity index (χ2v) is 1.76. The molecule has 0 spiro atoms. The fourth-order valence-electron chi connectivity index (χ4n) is 0.409. The average Bonchev–Trinajstić information content (AvgIpc) is 1.99. The van der Waals surface area contributed by atoms with Gasteiger partial charge in [-0.05, 0) is 0 Å². The van der Waals surface area contributed by atoms with Crippen LogP contribution in [-0.2, 0) is 4.74 Å². The van der Waals surface area contributed by atoms with E-state index in [0.29, 0.717) is 0 Å². The maximum absolute atomic E-state index is 8.60. The van der Waals surface area contributed by atoms with Gasteiger partial charge in [0.25, 0.3) is 0 Å². The van der Waals surface area contributed by atoms with Gasteiger partial charge < -0.3 is 25.2 Å². The number of ether oxygens (including phenoxy) is 1. The van der Waals surface area contributed by atoms with Gasteiger partial charge in [-0.15, -0.1) is 0 Å². The summed E-state index contributed by atoms with van der Waals surface area (Å²) >= 11 is 0. The summed E-state index contributed by atoms with van der Waals surface area (Å²) in [6.07, 6.45) is -2.15. The van der Waals surface area contributed by atoms with Crippen LogP contribution in [0, 0.1) is 0 Å². The lowest BCUT2D eigenvalue weighted by Crippen LogP contribution is -2.30. The highest BCUT2D eigenvalue weighted by Gasteiger charge is 2.10. The molecule has 0 fully saturated rings. The van der Waals surface area contributed by atoms with E-state index in [9.17, 15) is 0 Å². The smallest absolute Gasteiger partial charge is 0.178 e. The summed E-state index contributed by atoms with van der Waals surface area (Å²) in [7, 11) is 0. The quantitative estimate of drug-likeness (QED) is 0.332. The van der Waals surface area contributed by atoms with Crippen LogP contribution in [0.5, 0.6) is 0 Å². The molecule has 0 aromatic heterocycles. The van der Waals surface area contributed by atoms with Crippen LogP contribution < -0.4 is 0 Å². The third-order valence-electron chi connectivity index (χ3n) is 0.913. The van der Waals surface area contributed by atoms with Crippen LogP contribution in [0.4, 0.5) is 0 Å². The summed E-state index contributed by atoms with van der Waals surface area (Å²) < 4.78 is 4.50. The lowest BCUT2D eigenvalue weighted by molar-refractivity contribution is -0.173. The van der Waals surface area contributed by atoms with Gasteiger partial charge in [0.05, 0.1) is 19.8 Å². The topological polar surface area (TPSA) is 90.2 Å². The van der Waals surface area contributed by atoms with E-state index in [1.54, 1.807) is 0 Å². The van der Waals surface area contributed by atoms with Crippen LogP contribution in [0.15, 0.2) is 0 Å². The average molecular weight is 152 g/mol. The zero-order valence-electron chi connectivity index (χ0n) is 5.47. The van der Waals surface area contributed by atoms with Crippen molar-refractivity contribution in [3.63, 3.8) is 0 Å². The molecule has 0 radical (unpaired) electrons. The van der Waals surface area contributed by atoms with Crippen molar-refractivity contribution in [2.75, 3.05) is 19.8 Å². The SMILES string of the molecule is OCC(CO)O[C@H](O)CO. The molecule has 0 unspecified atom stereocenters. The van der Waals surface area contributed by atoms with Gasteiger partial charge in [0.15, 0.2) is 6.29 Å². The van der Waals surface area contributed by atoms with Crippen LogP contribution in [0.25, 0.3) is 0 Å². The van der Waals surface area contributed by atoms with Crippen molar-refractivity contribution < 1.29 is 25.2 Å². The molecule has 0 saturated carbocycles. The predicted octanol–water partition coefficient (Wildman–Crippen LogP) is -2.33. The van der Waals surface area contributed by atoms with Crippen molar-refractivity contribution in [2.45, 2.75) is 12.4 Å². The molecule has 4 N–H and O–H groups in total. The highest BCUT2D eigenvalue weighted by atomic mass is 16.6.